The van der Waals surface area contributed by atoms with E-state index >= 15 is 0 Å². The van der Waals surface area contributed by atoms with Crippen LogP contribution in [0.2, 0.25) is 0 Å². The minimum atomic E-state index is -0.247. The predicted molar refractivity (Wildman–Crippen MR) is 90.9 cm³/mol. The Kier molecular flexibility index (Phi) is 3.36. The summed E-state index contributed by atoms with van der Waals surface area (Å²) in [5.74, 6) is -0.385. The fourth-order valence-electron chi connectivity index (χ4n) is 3.09. The lowest BCUT2D eigenvalue weighted by molar-refractivity contribution is -0.130. The van der Waals surface area contributed by atoms with Gasteiger partial charge in [0.05, 0.1) is 16.8 Å². The summed E-state index contributed by atoms with van der Waals surface area (Å²) in [6, 6.07) is 8.31. The van der Waals surface area contributed by atoms with Gasteiger partial charge in [0.2, 0.25) is 5.91 Å². The van der Waals surface area contributed by atoms with Crippen LogP contribution in [-0.2, 0) is 4.79 Å². The zero-order chi connectivity index (χ0) is 16.0. The van der Waals surface area contributed by atoms with Crippen LogP contribution in [0.15, 0.2) is 42.9 Å². The molecule has 2 N–H and O–H groups in total. The minimum Gasteiger partial charge on any atom is -0.369 e. The molecule has 0 spiro atoms. The Bertz CT molecular complexity index is 891. The third-order valence-electron chi connectivity index (χ3n) is 4.41. The number of rotatable bonds is 3. The molecule has 4 rings (SSSR count). The van der Waals surface area contributed by atoms with Crippen LogP contribution in [0.4, 0.5) is 0 Å². The first-order valence-corrected chi connectivity index (χ1v) is 8.24. The Morgan fingerprint density at radius 3 is 2.96 bits per heavy atom. The van der Waals surface area contributed by atoms with Crippen molar-refractivity contribution in [1.29, 1.82) is 0 Å². The minimum absolute atomic E-state index is 0.0101. The van der Waals surface area contributed by atoms with Crippen molar-refractivity contribution in [3.63, 3.8) is 0 Å². The van der Waals surface area contributed by atoms with Crippen molar-refractivity contribution in [3.8, 4) is 10.4 Å². The van der Waals surface area contributed by atoms with E-state index in [1.807, 2.05) is 25.5 Å². The second-order valence-electron chi connectivity index (χ2n) is 5.89. The molecule has 0 bridgehead atoms. The number of nitrogens with two attached hydrogens (primary N) is 1. The van der Waals surface area contributed by atoms with Crippen molar-refractivity contribution in [2.45, 2.75) is 6.04 Å². The quantitative estimate of drug-likeness (QED) is 0.803. The number of hydrogen-bond acceptors (Lipinski definition) is 5. The Hall–Kier alpha value is -2.31. The van der Waals surface area contributed by atoms with E-state index in [1.54, 1.807) is 17.5 Å². The molecule has 0 radical (unpaired) electrons. The first kappa shape index (κ1) is 14.3. The summed E-state index contributed by atoms with van der Waals surface area (Å²) >= 11 is 1.63. The van der Waals surface area contributed by atoms with Crippen molar-refractivity contribution in [2.75, 3.05) is 13.6 Å². The number of thiazole rings is 1. The Balaban J connectivity index is 1.68. The van der Waals surface area contributed by atoms with Gasteiger partial charge in [0, 0.05) is 30.5 Å². The molecule has 1 fully saturated rings. The van der Waals surface area contributed by atoms with E-state index in [1.165, 1.54) is 0 Å². The van der Waals surface area contributed by atoms with Crippen LogP contribution in [0.5, 0.6) is 0 Å². The van der Waals surface area contributed by atoms with Crippen molar-refractivity contribution in [1.82, 2.24) is 14.9 Å². The van der Waals surface area contributed by atoms with E-state index in [0.717, 1.165) is 26.2 Å². The number of carbonyl (C=O) groups is 1. The summed E-state index contributed by atoms with van der Waals surface area (Å²) < 4.78 is 0. The third kappa shape index (κ3) is 2.40. The number of fused-ring (bicyclic) bond motifs is 1. The zero-order valence-electron chi connectivity index (χ0n) is 12.6. The van der Waals surface area contributed by atoms with Gasteiger partial charge in [-0.25, -0.2) is 4.98 Å². The second kappa shape index (κ2) is 5.40. The van der Waals surface area contributed by atoms with Crippen LogP contribution < -0.4 is 5.73 Å². The van der Waals surface area contributed by atoms with E-state index in [0.29, 0.717) is 6.54 Å². The normalized spacial score (nSPS) is 21.3. The average Bonchev–Trinajstić information content (AvgIpc) is 3.00. The molecule has 2 atom stereocenters. The highest BCUT2D eigenvalue weighted by Gasteiger charge is 2.42. The highest BCUT2D eigenvalue weighted by molar-refractivity contribution is 7.15. The third-order valence-corrected chi connectivity index (χ3v) is 5.52. The smallest absolute Gasteiger partial charge is 0.223 e. The summed E-state index contributed by atoms with van der Waals surface area (Å²) in [5, 5.41) is 3.23. The summed E-state index contributed by atoms with van der Waals surface area (Å²) in [4.78, 5) is 23.4. The Morgan fingerprint density at radius 1 is 1.30 bits per heavy atom. The monoisotopic (exact) mass is 324 g/mol. The van der Waals surface area contributed by atoms with Gasteiger partial charge in [0.15, 0.2) is 0 Å². The van der Waals surface area contributed by atoms with E-state index in [2.05, 4.69) is 33.1 Å². The molecule has 2 unspecified atom stereocenters. The molecule has 23 heavy (non-hydrogen) atoms. The van der Waals surface area contributed by atoms with Crippen LogP contribution in [0.3, 0.4) is 0 Å². The molecule has 3 heterocycles. The molecule has 0 aliphatic carbocycles. The molecule has 1 saturated heterocycles. The molecule has 1 aliphatic heterocycles. The number of benzene rings is 1. The molecule has 1 aromatic carbocycles. The topological polar surface area (TPSA) is 72.1 Å². The molecule has 5 nitrogen and oxygen atoms in total. The SMILES string of the molecule is CN1CC(C(N)=O)C1c1ncc(-c2ccc3cnccc3c2)s1. The maximum atomic E-state index is 11.5. The van der Waals surface area contributed by atoms with Gasteiger partial charge >= 0.3 is 0 Å². The molecule has 3 aromatic rings. The Morgan fingerprint density at radius 2 is 2.17 bits per heavy atom. The first-order valence-electron chi connectivity index (χ1n) is 7.43. The largest absolute Gasteiger partial charge is 0.369 e. The van der Waals surface area contributed by atoms with Gasteiger partial charge < -0.3 is 5.73 Å². The number of amides is 1. The van der Waals surface area contributed by atoms with Crippen molar-refractivity contribution in [2.24, 2.45) is 11.7 Å². The molecular formula is C17H16N4OS. The van der Waals surface area contributed by atoms with Gasteiger partial charge in [0.25, 0.3) is 0 Å². The maximum Gasteiger partial charge on any atom is 0.223 e. The van der Waals surface area contributed by atoms with E-state index in [-0.39, 0.29) is 17.9 Å². The highest BCUT2D eigenvalue weighted by Crippen LogP contribution is 2.41. The lowest BCUT2D eigenvalue weighted by Gasteiger charge is -2.42. The van der Waals surface area contributed by atoms with E-state index < -0.39 is 0 Å². The van der Waals surface area contributed by atoms with E-state index in [9.17, 15) is 4.79 Å². The number of aromatic nitrogens is 2. The van der Waals surface area contributed by atoms with Gasteiger partial charge in [-0.1, -0.05) is 12.1 Å². The molecule has 1 amide bonds. The number of carbonyl (C=O) groups excluding carboxylic acids is 1. The average molecular weight is 324 g/mol. The summed E-state index contributed by atoms with van der Waals surface area (Å²) in [7, 11) is 1.99. The van der Waals surface area contributed by atoms with E-state index in [4.69, 9.17) is 5.73 Å². The van der Waals surface area contributed by atoms with Crippen molar-refractivity contribution >= 4 is 28.0 Å². The highest BCUT2D eigenvalue weighted by atomic mass is 32.1. The lowest BCUT2D eigenvalue weighted by Crippen LogP contribution is -2.52. The van der Waals surface area contributed by atoms with Crippen molar-refractivity contribution in [3.05, 3.63) is 47.9 Å². The number of likely N-dealkylation sites (tertiary alicyclic amines) is 1. The van der Waals surface area contributed by atoms with Gasteiger partial charge in [-0.2, -0.15) is 0 Å². The fraction of sp³-hybridized carbons (Fsp3) is 0.235. The van der Waals surface area contributed by atoms with Gasteiger partial charge in [0.1, 0.15) is 5.01 Å². The number of primary amides is 1. The van der Waals surface area contributed by atoms with Crippen LogP contribution in [0, 0.1) is 5.92 Å². The predicted octanol–water partition coefficient (Wildman–Crippen LogP) is 2.45. The fourth-order valence-corrected chi connectivity index (χ4v) is 4.24. The molecule has 6 heteroatoms. The van der Waals surface area contributed by atoms with Crippen LogP contribution in [0.1, 0.15) is 11.0 Å². The summed E-state index contributed by atoms with van der Waals surface area (Å²) in [5.41, 5.74) is 6.60. The molecule has 2 aromatic heterocycles. The molecule has 1 aliphatic rings. The Labute approximate surface area is 137 Å². The van der Waals surface area contributed by atoms with Crippen molar-refractivity contribution < 1.29 is 4.79 Å². The number of hydrogen-bond donors (Lipinski definition) is 1. The van der Waals surface area contributed by atoms with Gasteiger partial charge in [-0.15, -0.1) is 11.3 Å². The van der Waals surface area contributed by atoms with Crippen LogP contribution in [-0.4, -0.2) is 34.4 Å². The molecular weight excluding hydrogens is 308 g/mol. The van der Waals surface area contributed by atoms with Gasteiger partial charge in [-0.05, 0) is 30.1 Å². The standard InChI is InChI=1S/C17H16N4OS/c1-21-9-13(16(18)22)15(21)17-20-8-14(23-17)11-2-3-12-7-19-5-4-10(12)6-11/h2-8,13,15H,9H2,1H3,(H2,18,22). The maximum absolute atomic E-state index is 11.5. The molecule has 0 saturated carbocycles. The zero-order valence-corrected chi connectivity index (χ0v) is 13.5. The second-order valence-corrected chi connectivity index (χ2v) is 6.96. The lowest BCUT2D eigenvalue weighted by atomic mass is 9.89. The van der Waals surface area contributed by atoms with Crippen LogP contribution >= 0.6 is 11.3 Å². The first-order chi connectivity index (χ1) is 11.1. The molecule has 116 valence electrons. The number of pyridine rings is 1. The summed E-state index contributed by atoms with van der Waals surface area (Å²) in [6.07, 6.45) is 5.54. The number of nitrogens with zero attached hydrogens (tertiary/aromatic N) is 3. The van der Waals surface area contributed by atoms with Gasteiger partial charge in [-0.3, -0.25) is 14.7 Å². The summed E-state index contributed by atoms with van der Waals surface area (Å²) in [6.45, 7) is 0.706. The van der Waals surface area contributed by atoms with Crippen LogP contribution in [0.25, 0.3) is 21.2 Å².